The molecule has 1 N–H and O–H groups in total. The molecule has 2 aliphatic heterocycles. The van der Waals surface area contributed by atoms with Crippen LogP contribution in [-0.4, -0.2) is 83.5 Å². The van der Waals surface area contributed by atoms with E-state index in [1.807, 2.05) is 0 Å². The van der Waals surface area contributed by atoms with Gasteiger partial charge in [0.05, 0.1) is 38.0 Å². The lowest BCUT2D eigenvalue weighted by Gasteiger charge is -2.35. The van der Waals surface area contributed by atoms with Crippen LogP contribution in [-0.2, 0) is 20.3 Å². The van der Waals surface area contributed by atoms with E-state index in [2.05, 4.69) is 20.2 Å². The second-order valence-electron chi connectivity index (χ2n) is 9.25. The van der Waals surface area contributed by atoms with Gasteiger partial charge in [-0.25, -0.2) is 22.8 Å². The molecule has 0 radical (unpaired) electrons. The molecule has 0 bridgehead atoms. The van der Waals surface area contributed by atoms with E-state index in [0.717, 1.165) is 18.8 Å². The summed E-state index contributed by atoms with van der Waals surface area (Å²) in [6.07, 6.45) is 2.29. The monoisotopic (exact) mass is 548 g/mol. The summed E-state index contributed by atoms with van der Waals surface area (Å²) >= 11 is 0. The number of halogens is 1. The minimum Gasteiger partial charge on any atom is -0.494 e. The van der Waals surface area contributed by atoms with Crippen LogP contribution in [0.15, 0.2) is 30.6 Å². The number of piperidine rings is 1. The fraction of sp³-hybridized carbons (Fsp3) is 0.500. The van der Waals surface area contributed by atoms with Crippen molar-refractivity contribution < 1.29 is 32.1 Å². The van der Waals surface area contributed by atoms with Gasteiger partial charge in [0.1, 0.15) is 29.0 Å². The van der Waals surface area contributed by atoms with E-state index in [-0.39, 0.29) is 37.4 Å². The Kier molecular flexibility index (Phi) is 7.45. The van der Waals surface area contributed by atoms with Gasteiger partial charge in [0.15, 0.2) is 27.3 Å². The van der Waals surface area contributed by atoms with Crippen molar-refractivity contribution in [1.82, 2.24) is 24.7 Å². The highest BCUT2D eigenvalue weighted by Crippen LogP contribution is 2.38. The Balaban J connectivity index is 1.51. The first-order valence-electron chi connectivity index (χ1n) is 12.2. The van der Waals surface area contributed by atoms with E-state index in [1.165, 1.54) is 14.2 Å². The van der Waals surface area contributed by atoms with Gasteiger partial charge < -0.3 is 24.2 Å². The maximum atomic E-state index is 13.7. The highest BCUT2D eigenvalue weighted by Gasteiger charge is 2.38. The van der Waals surface area contributed by atoms with Gasteiger partial charge >= 0.3 is 0 Å². The minimum absolute atomic E-state index is 0.0325. The van der Waals surface area contributed by atoms with E-state index in [9.17, 15) is 17.9 Å². The van der Waals surface area contributed by atoms with Gasteiger partial charge in [-0.1, -0.05) is 6.07 Å². The molecule has 2 fully saturated rings. The third-order valence-electron chi connectivity index (χ3n) is 6.72. The first-order chi connectivity index (χ1) is 18.3. The summed E-state index contributed by atoms with van der Waals surface area (Å²) in [5.74, 6) is 0.619. The van der Waals surface area contributed by atoms with Crippen LogP contribution in [0.5, 0.6) is 11.5 Å². The molecule has 38 heavy (non-hydrogen) atoms. The van der Waals surface area contributed by atoms with E-state index in [1.54, 1.807) is 27.7 Å². The molecule has 2 saturated heterocycles. The van der Waals surface area contributed by atoms with E-state index < -0.39 is 32.8 Å². The Morgan fingerprint density at radius 1 is 1.13 bits per heavy atom. The highest BCUT2D eigenvalue weighted by atomic mass is 32.2. The number of hydrogen-bond acceptors (Lipinski definition) is 11. The van der Waals surface area contributed by atoms with Crippen molar-refractivity contribution in [3.05, 3.63) is 48.1 Å². The van der Waals surface area contributed by atoms with Crippen LogP contribution in [0, 0.1) is 5.82 Å². The number of nitrogens with zero attached hydrogens (tertiary/aromatic N) is 6. The molecule has 0 aliphatic carbocycles. The molecule has 204 valence electrons. The quantitative estimate of drug-likeness (QED) is 0.439. The third kappa shape index (κ3) is 5.15. The summed E-state index contributed by atoms with van der Waals surface area (Å²) in [6.45, 7) is 0.737. The van der Waals surface area contributed by atoms with Crippen molar-refractivity contribution in [2.24, 2.45) is 0 Å². The minimum atomic E-state index is -3.88. The number of methoxy groups -OCH3 is 2. The van der Waals surface area contributed by atoms with Crippen LogP contribution < -0.4 is 14.4 Å². The number of aliphatic hydroxyl groups excluding tert-OH is 1. The fourth-order valence-electron chi connectivity index (χ4n) is 4.93. The first kappa shape index (κ1) is 26.3. The number of β-amino-alcohol motifs (C(OH)–C–C–N with tert-alkyl or cyclic N) is 1. The van der Waals surface area contributed by atoms with Crippen LogP contribution >= 0.6 is 0 Å². The standard InChI is InChI=1S/C24H29FN6O6S/c1-35-18-5-3-6-19(36-2)22(18)31-21(28-29-23(31)20-7-4-8-37-20)14-38(33,34)17-9-16(32)12-30(13-17)24-26-10-15(25)11-27-24/h3,5-6,10-11,16-17,20,32H,4,7-9,12-14H2,1-2H3/t16-,17+,20-/m0/s1. The maximum Gasteiger partial charge on any atom is 0.225 e. The Hall–Kier alpha value is -3.36. The smallest absolute Gasteiger partial charge is 0.225 e. The Bertz CT molecular complexity index is 1360. The number of benzene rings is 1. The van der Waals surface area contributed by atoms with Gasteiger partial charge in [-0.15, -0.1) is 10.2 Å². The molecule has 0 amide bonds. The zero-order chi connectivity index (χ0) is 26.9. The maximum absolute atomic E-state index is 13.7. The van der Waals surface area contributed by atoms with Crippen molar-refractivity contribution in [1.29, 1.82) is 0 Å². The van der Waals surface area contributed by atoms with Gasteiger partial charge in [-0.05, 0) is 31.4 Å². The zero-order valence-electron chi connectivity index (χ0n) is 21.0. The molecular weight excluding hydrogens is 519 g/mol. The molecule has 3 aromatic rings. The molecule has 4 heterocycles. The van der Waals surface area contributed by atoms with Crippen LogP contribution in [0.2, 0.25) is 0 Å². The third-order valence-corrected chi connectivity index (χ3v) is 8.73. The van der Waals surface area contributed by atoms with Crippen molar-refractivity contribution in [2.45, 2.75) is 42.5 Å². The molecule has 2 aliphatic rings. The molecule has 12 nitrogen and oxygen atoms in total. The number of para-hydroxylation sites is 1. The summed E-state index contributed by atoms with van der Waals surface area (Å²) < 4.78 is 59.5. The first-order valence-corrected chi connectivity index (χ1v) is 13.9. The van der Waals surface area contributed by atoms with Gasteiger partial charge in [0.25, 0.3) is 0 Å². The van der Waals surface area contributed by atoms with Gasteiger partial charge in [0, 0.05) is 19.7 Å². The molecule has 0 saturated carbocycles. The molecule has 0 unspecified atom stereocenters. The van der Waals surface area contributed by atoms with E-state index in [4.69, 9.17) is 14.2 Å². The number of aromatic nitrogens is 5. The number of anilines is 1. The normalized spacial score (nSPS) is 22.0. The average molecular weight is 549 g/mol. The number of hydrogen-bond donors (Lipinski definition) is 1. The van der Waals surface area contributed by atoms with Gasteiger partial charge in [-0.2, -0.15) is 0 Å². The zero-order valence-corrected chi connectivity index (χ0v) is 21.8. The van der Waals surface area contributed by atoms with Crippen LogP contribution in [0.3, 0.4) is 0 Å². The van der Waals surface area contributed by atoms with Gasteiger partial charge in [0.2, 0.25) is 5.95 Å². The molecule has 1 aromatic carbocycles. The summed E-state index contributed by atoms with van der Waals surface area (Å²) in [5, 5.41) is 18.2. The number of rotatable bonds is 8. The second-order valence-corrected chi connectivity index (χ2v) is 11.5. The van der Waals surface area contributed by atoms with Crippen molar-refractivity contribution in [3.8, 4) is 17.2 Å². The second kappa shape index (κ2) is 10.8. The predicted molar refractivity (Wildman–Crippen MR) is 134 cm³/mol. The Morgan fingerprint density at radius 3 is 2.47 bits per heavy atom. The SMILES string of the molecule is COc1cccc(OC)c1-n1c(CS(=O)(=O)[C@@H]2C[C@H](O)CN(c3ncc(F)cn3)C2)nnc1[C@@H]1CCCO1. The molecular formula is C24H29FN6O6S. The highest BCUT2D eigenvalue weighted by molar-refractivity contribution is 7.91. The van der Waals surface area contributed by atoms with E-state index in [0.29, 0.717) is 36.0 Å². The largest absolute Gasteiger partial charge is 0.494 e. The summed E-state index contributed by atoms with van der Waals surface area (Å²) in [5.41, 5.74) is 0.475. The lowest BCUT2D eigenvalue weighted by Crippen LogP contribution is -2.49. The van der Waals surface area contributed by atoms with Crippen LogP contribution in [0.4, 0.5) is 10.3 Å². The Labute approximate surface area is 219 Å². The fourth-order valence-corrected chi connectivity index (χ4v) is 6.63. The van der Waals surface area contributed by atoms with Gasteiger partial charge in [-0.3, -0.25) is 4.57 Å². The number of aliphatic hydroxyl groups is 1. The number of sulfone groups is 1. The lowest BCUT2D eigenvalue weighted by molar-refractivity contribution is 0.103. The summed E-state index contributed by atoms with van der Waals surface area (Å²) in [6, 6.07) is 5.25. The van der Waals surface area contributed by atoms with Crippen molar-refractivity contribution >= 4 is 15.8 Å². The summed E-state index contributed by atoms with van der Waals surface area (Å²) in [4.78, 5) is 9.43. The predicted octanol–water partition coefficient (Wildman–Crippen LogP) is 1.62. The van der Waals surface area contributed by atoms with E-state index >= 15 is 0 Å². The lowest BCUT2D eigenvalue weighted by atomic mass is 10.1. The Morgan fingerprint density at radius 2 is 1.84 bits per heavy atom. The summed E-state index contributed by atoms with van der Waals surface area (Å²) in [7, 11) is -0.847. The van der Waals surface area contributed by atoms with Crippen molar-refractivity contribution in [3.63, 3.8) is 0 Å². The molecule has 0 spiro atoms. The molecule has 5 rings (SSSR count). The number of ether oxygens (including phenoxy) is 3. The molecule has 14 heteroatoms. The van der Waals surface area contributed by atoms with Crippen LogP contribution in [0.1, 0.15) is 37.0 Å². The average Bonchev–Trinajstić information content (AvgIpc) is 3.58. The topological polar surface area (TPSA) is 142 Å². The molecule has 2 aromatic heterocycles. The van der Waals surface area contributed by atoms with Crippen molar-refractivity contribution in [2.75, 3.05) is 38.8 Å². The van der Waals surface area contributed by atoms with Crippen LogP contribution in [0.25, 0.3) is 5.69 Å². The molecule has 3 atom stereocenters.